The van der Waals surface area contributed by atoms with Gasteiger partial charge in [-0.2, -0.15) is 0 Å². The van der Waals surface area contributed by atoms with Gasteiger partial charge in [-0.05, 0) is 36.5 Å². The molecule has 3 aromatic rings. The molecule has 1 fully saturated rings. The molecule has 0 bridgehead atoms. The molecule has 0 atom stereocenters. The molecule has 0 radical (unpaired) electrons. The highest BCUT2D eigenvalue weighted by Crippen LogP contribution is 2.25. The maximum atomic E-state index is 12.7. The number of aryl methyl sites for hydroxylation is 1. The van der Waals surface area contributed by atoms with Crippen molar-refractivity contribution in [3.05, 3.63) is 72.1 Å². The van der Waals surface area contributed by atoms with Crippen molar-refractivity contribution in [2.75, 3.05) is 37.7 Å². The normalized spacial score (nSPS) is 14.2. The third-order valence-corrected chi connectivity index (χ3v) is 6.37. The number of rotatable bonds is 7. The van der Waals surface area contributed by atoms with E-state index >= 15 is 0 Å². The highest BCUT2D eigenvalue weighted by atomic mass is 16.5. The third kappa shape index (κ3) is 6.59. The van der Waals surface area contributed by atoms with Crippen LogP contribution in [0.4, 0.5) is 5.82 Å². The fourth-order valence-corrected chi connectivity index (χ4v) is 4.28. The number of aromatic nitrogens is 2. The van der Waals surface area contributed by atoms with Gasteiger partial charge in [-0.25, -0.2) is 9.97 Å². The van der Waals surface area contributed by atoms with Crippen LogP contribution in [0.2, 0.25) is 0 Å². The monoisotopic (exact) mass is 472 g/mol. The summed E-state index contributed by atoms with van der Waals surface area (Å²) in [5, 5.41) is 0. The molecule has 1 saturated heterocycles. The number of carbonyl (C=O) groups is 1. The number of nitrogens with zero attached hydrogens (tertiary/aromatic N) is 4. The Morgan fingerprint density at radius 2 is 1.63 bits per heavy atom. The molecule has 35 heavy (non-hydrogen) atoms. The molecular weight excluding hydrogens is 436 g/mol. The van der Waals surface area contributed by atoms with Gasteiger partial charge in [0, 0.05) is 44.2 Å². The van der Waals surface area contributed by atoms with Crippen molar-refractivity contribution in [2.45, 2.75) is 46.0 Å². The number of hydrogen-bond donors (Lipinski definition) is 0. The maximum Gasteiger partial charge on any atom is 0.222 e. The first-order valence-electron chi connectivity index (χ1n) is 12.5. The summed E-state index contributed by atoms with van der Waals surface area (Å²) in [5.41, 5.74) is 3.43. The highest BCUT2D eigenvalue weighted by molar-refractivity contribution is 5.76. The zero-order valence-electron chi connectivity index (χ0n) is 21.3. The minimum Gasteiger partial charge on any atom is -0.494 e. The Morgan fingerprint density at radius 1 is 0.943 bits per heavy atom. The molecule has 0 unspecified atom stereocenters. The summed E-state index contributed by atoms with van der Waals surface area (Å²) < 4.78 is 5.85. The molecule has 1 aromatic heterocycles. The minimum absolute atomic E-state index is 0.130. The van der Waals surface area contributed by atoms with E-state index in [9.17, 15) is 4.79 Å². The van der Waals surface area contributed by atoms with Crippen molar-refractivity contribution in [3.8, 4) is 17.0 Å². The molecule has 0 saturated carbocycles. The summed E-state index contributed by atoms with van der Waals surface area (Å²) >= 11 is 0. The lowest BCUT2D eigenvalue weighted by molar-refractivity contribution is -0.131. The second-order valence-electron chi connectivity index (χ2n) is 10.1. The molecule has 1 amide bonds. The highest BCUT2D eigenvalue weighted by Gasteiger charge is 2.22. The Bertz CT molecular complexity index is 1120. The van der Waals surface area contributed by atoms with Gasteiger partial charge >= 0.3 is 0 Å². The van der Waals surface area contributed by atoms with Gasteiger partial charge in [0.1, 0.15) is 17.4 Å². The van der Waals surface area contributed by atoms with Crippen molar-refractivity contribution in [2.24, 2.45) is 0 Å². The molecule has 184 valence electrons. The Morgan fingerprint density at radius 3 is 2.29 bits per heavy atom. The molecule has 4 rings (SSSR count). The van der Waals surface area contributed by atoms with Crippen LogP contribution in [-0.4, -0.2) is 53.6 Å². The predicted molar refractivity (Wildman–Crippen MR) is 141 cm³/mol. The van der Waals surface area contributed by atoms with Gasteiger partial charge in [0.2, 0.25) is 5.91 Å². The van der Waals surface area contributed by atoms with E-state index in [1.54, 1.807) is 0 Å². The van der Waals surface area contributed by atoms with E-state index in [1.165, 1.54) is 5.56 Å². The molecule has 2 heterocycles. The van der Waals surface area contributed by atoms with E-state index in [-0.39, 0.29) is 11.3 Å². The Kier molecular flexibility index (Phi) is 7.69. The van der Waals surface area contributed by atoms with E-state index in [1.807, 2.05) is 48.2 Å². The van der Waals surface area contributed by atoms with Crippen LogP contribution in [0.1, 0.15) is 45.0 Å². The van der Waals surface area contributed by atoms with Crippen LogP contribution in [-0.2, 0) is 10.2 Å². The van der Waals surface area contributed by atoms with Crippen molar-refractivity contribution in [1.29, 1.82) is 0 Å². The zero-order chi connectivity index (χ0) is 24.8. The summed E-state index contributed by atoms with van der Waals surface area (Å²) in [7, 11) is 0. The van der Waals surface area contributed by atoms with Gasteiger partial charge in [0.25, 0.3) is 0 Å². The first-order chi connectivity index (χ1) is 16.8. The van der Waals surface area contributed by atoms with Crippen LogP contribution in [0.15, 0.2) is 60.7 Å². The topological polar surface area (TPSA) is 58.6 Å². The maximum absolute atomic E-state index is 12.7. The average molecular weight is 473 g/mol. The molecule has 1 aliphatic heterocycles. The van der Waals surface area contributed by atoms with Gasteiger partial charge < -0.3 is 14.5 Å². The molecule has 0 spiro atoms. The first-order valence-corrected chi connectivity index (χ1v) is 12.5. The fraction of sp³-hybridized carbons (Fsp3) is 0.414. The molecule has 0 N–H and O–H groups in total. The lowest BCUT2D eigenvalue weighted by Gasteiger charge is -2.35. The second-order valence-corrected chi connectivity index (χ2v) is 10.1. The quantitative estimate of drug-likeness (QED) is 0.439. The lowest BCUT2D eigenvalue weighted by atomic mass is 9.87. The van der Waals surface area contributed by atoms with E-state index < -0.39 is 0 Å². The third-order valence-electron chi connectivity index (χ3n) is 6.37. The van der Waals surface area contributed by atoms with Crippen molar-refractivity contribution < 1.29 is 9.53 Å². The summed E-state index contributed by atoms with van der Waals surface area (Å²) in [6.07, 6.45) is 1.22. The SMILES string of the molecule is Cc1nc(-c2ccccc2)cc(N2CCN(C(=O)CCCOc3ccc(C(C)(C)C)cc3)CC2)n1. The first kappa shape index (κ1) is 24.7. The van der Waals surface area contributed by atoms with Gasteiger partial charge in [-0.15, -0.1) is 0 Å². The molecule has 6 nitrogen and oxygen atoms in total. The average Bonchev–Trinajstić information content (AvgIpc) is 2.86. The molecule has 2 aromatic carbocycles. The number of benzene rings is 2. The van der Waals surface area contributed by atoms with Gasteiger partial charge in [-0.1, -0.05) is 63.2 Å². The number of anilines is 1. The summed E-state index contributed by atoms with van der Waals surface area (Å²) in [5.74, 6) is 2.73. The van der Waals surface area contributed by atoms with Crippen molar-refractivity contribution in [3.63, 3.8) is 0 Å². The number of hydrogen-bond acceptors (Lipinski definition) is 5. The zero-order valence-corrected chi connectivity index (χ0v) is 21.3. The van der Waals surface area contributed by atoms with Crippen LogP contribution in [0.25, 0.3) is 11.3 Å². The van der Waals surface area contributed by atoms with Gasteiger partial charge in [0.15, 0.2) is 0 Å². The number of amides is 1. The standard InChI is InChI=1S/C29H36N4O2/c1-22-30-26(23-9-6-5-7-10-23)21-27(31-22)32-16-18-33(19-17-32)28(34)11-8-20-35-25-14-12-24(13-15-25)29(2,3)4/h5-7,9-10,12-15,21H,8,11,16-20H2,1-4H3. The summed E-state index contributed by atoms with van der Waals surface area (Å²) in [6.45, 7) is 12.0. The van der Waals surface area contributed by atoms with E-state index in [4.69, 9.17) is 4.74 Å². The molecular formula is C29H36N4O2. The Balaban J connectivity index is 1.23. The lowest BCUT2D eigenvalue weighted by Crippen LogP contribution is -2.49. The Labute approximate surface area is 209 Å². The largest absolute Gasteiger partial charge is 0.494 e. The number of carbonyl (C=O) groups excluding carboxylic acids is 1. The van der Waals surface area contributed by atoms with Crippen LogP contribution in [0.5, 0.6) is 5.75 Å². The van der Waals surface area contributed by atoms with Crippen LogP contribution >= 0.6 is 0 Å². The number of ether oxygens (including phenoxy) is 1. The van der Waals surface area contributed by atoms with E-state index in [0.717, 1.165) is 41.7 Å². The summed E-state index contributed by atoms with van der Waals surface area (Å²) in [6, 6.07) is 20.5. The molecule has 0 aliphatic carbocycles. The fourth-order valence-electron chi connectivity index (χ4n) is 4.28. The van der Waals surface area contributed by atoms with E-state index in [0.29, 0.717) is 32.5 Å². The number of piperazine rings is 1. The van der Waals surface area contributed by atoms with Gasteiger partial charge in [-0.3, -0.25) is 4.79 Å². The molecule has 1 aliphatic rings. The summed E-state index contributed by atoms with van der Waals surface area (Å²) in [4.78, 5) is 26.2. The van der Waals surface area contributed by atoms with E-state index in [2.05, 4.69) is 59.9 Å². The van der Waals surface area contributed by atoms with Crippen LogP contribution < -0.4 is 9.64 Å². The van der Waals surface area contributed by atoms with Crippen molar-refractivity contribution in [1.82, 2.24) is 14.9 Å². The molecule has 6 heteroatoms. The van der Waals surface area contributed by atoms with Crippen LogP contribution in [0, 0.1) is 6.92 Å². The minimum atomic E-state index is 0.130. The smallest absolute Gasteiger partial charge is 0.222 e. The Hall–Kier alpha value is -3.41. The van der Waals surface area contributed by atoms with Crippen molar-refractivity contribution >= 4 is 11.7 Å². The van der Waals surface area contributed by atoms with Crippen LogP contribution in [0.3, 0.4) is 0 Å². The second kappa shape index (κ2) is 10.9. The predicted octanol–water partition coefficient (Wildman–Crippen LogP) is 5.26. The van der Waals surface area contributed by atoms with Gasteiger partial charge in [0.05, 0.1) is 12.3 Å².